The first kappa shape index (κ1) is 13.9. The molecule has 19 heavy (non-hydrogen) atoms. The lowest BCUT2D eigenvalue weighted by molar-refractivity contribution is 0.0989. The van der Waals surface area contributed by atoms with Gasteiger partial charge >= 0.3 is 0 Å². The third-order valence-corrected chi connectivity index (χ3v) is 3.75. The number of hydrogen-bond acceptors (Lipinski definition) is 1. The van der Waals surface area contributed by atoms with Crippen LogP contribution in [-0.2, 0) is 12.5 Å². The van der Waals surface area contributed by atoms with Gasteiger partial charge in [0.1, 0.15) is 0 Å². The van der Waals surface area contributed by atoms with Crippen LogP contribution in [0.1, 0.15) is 55.6 Å². The van der Waals surface area contributed by atoms with Gasteiger partial charge in [-0.2, -0.15) is 0 Å². The van der Waals surface area contributed by atoms with Crippen LogP contribution in [0.3, 0.4) is 0 Å². The zero-order valence-corrected chi connectivity index (χ0v) is 12.8. The number of rotatable bonds is 2. The Labute approximate surface area is 115 Å². The Kier molecular flexibility index (Phi) is 3.29. The van der Waals surface area contributed by atoms with Crippen molar-refractivity contribution in [2.45, 2.75) is 46.5 Å². The van der Waals surface area contributed by atoms with E-state index < -0.39 is 0 Å². The minimum atomic E-state index is 0.0985. The molecule has 0 spiro atoms. The molecular weight excluding hydrogens is 234 g/mol. The number of aryl methyl sites for hydroxylation is 2. The molecule has 0 N–H and O–H groups in total. The maximum absolute atomic E-state index is 12.1. The maximum atomic E-state index is 12.1. The highest BCUT2D eigenvalue weighted by Gasteiger charge is 2.19. The minimum Gasteiger partial charge on any atom is -0.350 e. The van der Waals surface area contributed by atoms with Crippen molar-refractivity contribution in [2.24, 2.45) is 7.05 Å². The molecule has 0 atom stereocenters. The van der Waals surface area contributed by atoms with Crippen molar-refractivity contribution in [3.63, 3.8) is 0 Å². The fourth-order valence-electron chi connectivity index (χ4n) is 2.63. The number of nitrogens with zero attached hydrogens (tertiary/aromatic N) is 1. The van der Waals surface area contributed by atoms with E-state index in [0.29, 0.717) is 6.42 Å². The Bertz CT molecular complexity index is 641. The molecule has 0 bridgehead atoms. The number of carbonyl (C=O) groups is 1. The van der Waals surface area contributed by atoms with E-state index in [1.165, 1.54) is 16.6 Å². The lowest BCUT2D eigenvalue weighted by atomic mass is 9.85. The monoisotopic (exact) mass is 257 g/mol. The Balaban J connectivity index is 2.81. The molecule has 1 heterocycles. The van der Waals surface area contributed by atoms with Gasteiger partial charge in [0.25, 0.3) is 0 Å². The van der Waals surface area contributed by atoms with Gasteiger partial charge in [0.2, 0.25) is 0 Å². The summed E-state index contributed by atoms with van der Waals surface area (Å²) in [7, 11) is 2.01. The van der Waals surface area contributed by atoms with Gasteiger partial charge in [-0.1, -0.05) is 33.8 Å². The van der Waals surface area contributed by atoms with Crippen molar-refractivity contribution in [1.82, 2.24) is 4.57 Å². The molecule has 2 heteroatoms. The molecule has 2 nitrogen and oxygen atoms in total. The number of carbonyl (C=O) groups excluding carboxylic acids is 1. The van der Waals surface area contributed by atoms with E-state index >= 15 is 0 Å². The predicted molar refractivity (Wildman–Crippen MR) is 81.0 cm³/mol. The molecule has 1 aromatic carbocycles. The molecule has 102 valence electrons. The van der Waals surface area contributed by atoms with Crippen LogP contribution < -0.4 is 0 Å². The molecule has 0 amide bonds. The Morgan fingerprint density at radius 3 is 2.42 bits per heavy atom. The largest absolute Gasteiger partial charge is 0.350 e. The third kappa shape index (κ3) is 2.32. The van der Waals surface area contributed by atoms with Gasteiger partial charge in [-0.25, -0.2) is 0 Å². The Morgan fingerprint density at radius 1 is 1.26 bits per heavy atom. The van der Waals surface area contributed by atoms with Crippen LogP contribution in [0.5, 0.6) is 0 Å². The highest BCUT2D eigenvalue weighted by Crippen LogP contribution is 2.31. The third-order valence-electron chi connectivity index (χ3n) is 3.75. The average Bonchev–Trinajstić information content (AvgIpc) is 2.65. The fourth-order valence-corrected chi connectivity index (χ4v) is 2.63. The number of ketones is 1. The number of Topliss-reactive ketones (excluding diaryl/α,β-unsaturated/α-hetero) is 1. The van der Waals surface area contributed by atoms with Crippen molar-refractivity contribution in [3.8, 4) is 0 Å². The molecule has 0 unspecified atom stereocenters. The van der Waals surface area contributed by atoms with Crippen molar-refractivity contribution >= 4 is 16.7 Å². The molecule has 0 aliphatic carbocycles. The van der Waals surface area contributed by atoms with E-state index in [9.17, 15) is 4.79 Å². The molecule has 0 saturated carbocycles. The van der Waals surface area contributed by atoms with Gasteiger partial charge in [0.05, 0.1) is 5.52 Å². The Morgan fingerprint density at radius 2 is 1.89 bits per heavy atom. The van der Waals surface area contributed by atoms with Gasteiger partial charge in [0.15, 0.2) is 5.78 Å². The number of benzene rings is 1. The smallest absolute Gasteiger partial charge is 0.164 e. The lowest BCUT2D eigenvalue weighted by Gasteiger charge is -2.20. The van der Waals surface area contributed by atoms with E-state index in [2.05, 4.69) is 44.4 Å². The van der Waals surface area contributed by atoms with Gasteiger partial charge in [-0.3, -0.25) is 4.79 Å². The van der Waals surface area contributed by atoms with Crippen LogP contribution >= 0.6 is 0 Å². The molecule has 0 fully saturated rings. The van der Waals surface area contributed by atoms with E-state index in [0.717, 1.165) is 10.9 Å². The predicted octanol–water partition coefficient (Wildman–Crippen LogP) is 4.38. The summed E-state index contributed by atoms with van der Waals surface area (Å²) in [6, 6.07) is 4.42. The quantitative estimate of drug-likeness (QED) is 0.732. The van der Waals surface area contributed by atoms with Crippen LogP contribution in [0.4, 0.5) is 0 Å². The summed E-state index contributed by atoms with van der Waals surface area (Å²) in [5.74, 6) is 0.219. The van der Waals surface area contributed by atoms with E-state index in [-0.39, 0.29) is 11.2 Å². The Hall–Kier alpha value is -1.57. The van der Waals surface area contributed by atoms with E-state index in [4.69, 9.17) is 0 Å². The van der Waals surface area contributed by atoms with E-state index in [1.54, 1.807) is 0 Å². The fraction of sp³-hybridized carbons (Fsp3) is 0.471. The molecule has 0 radical (unpaired) electrons. The van der Waals surface area contributed by atoms with E-state index in [1.807, 2.05) is 20.2 Å². The zero-order valence-electron chi connectivity index (χ0n) is 12.8. The zero-order chi connectivity index (χ0) is 14.4. The lowest BCUT2D eigenvalue weighted by Crippen LogP contribution is -2.11. The topological polar surface area (TPSA) is 22.0 Å². The summed E-state index contributed by atoms with van der Waals surface area (Å²) in [6.07, 6.45) is 2.52. The average molecular weight is 257 g/mol. The van der Waals surface area contributed by atoms with Crippen molar-refractivity contribution in [3.05, 3.63) is 35.0 Å². The summed E-state index contributed by atoms with van der Waals surface area (Å²) in [6.45, 7) is 10.7. The first-order valence-corrected chi connectivity index (χ1v) is 6.89. The number of aromatic nitrogens is 1. The second-order valence-corrected chi connectivity index (χ2v) is 6.37. The minimum absolute atomic E-state index is 0.0985. The number of hydrogen-bond donors (Lipinski definition) is 0. The summed E-state index contributed by atoms with van der Waals surface area (Å²) in [4.78, 5) is 12.1. The standard InChI is InChI=1S/C17H23NO/c1-7-15(19)14-10-18(6)16-11(2)8-12(9-13(14)16)17(3,4)5/h8-10H,7H2,1-6H3. The number of fused-ring (bicyclic) bond motifs is 1. The highest BCUT2D eigenvalue weighted by atomic mass is 16.1. The van der Waals surface area contributed by atoms with Crippen LogP contribution in [0.25, 0.3) is 10.9 Å². The van der Waals surface area contributed by atoms with Crippen LogP contribution in [0.2, 0.25) is 0 Å². The molecule has 0 aliphatic rings. The van der Waals surface area contributed by atoms with Crippen LogP contribution in [0.15, 0.2) is 18.3 Å². The van der Waals surface area contributed by atoms with Gasteiger partial charge < -0.3 is 4.57 Å². The highest BCUT2D eigenvalue weighted by molar-refractivity contribution is 6.08. The maximum Gasteiger partial charge on any atom is 0.164 e. The van der Waals surface area contributed by atoms with Gasteiger partial charge in [-0.05, 0) is 29.5 Å². The summed E-state index contributed by atoms with van der Waals surface area (Å²) in [5.41, 5.74) is 4.65. The second kappa shape index (κ2) is 4.52. The summed E-state index contributed by atoms with van der Waals surface area (Å²) in [5, 5.41) is 1.10. The van der Waals surface area contributed by atoms with Crippen LogP contribution in [-0.4, -0.2) is 10.4 Å². The SMILES string of the molecule is CCC(=O)c1cn(C)c2c(C)cc(C(C)(C)C)cc12. The molecule has 0 aliphatic heterocycles. The first-order valence-electron chi connectivity index (χ1n) is 6.89. The van der Waals surface area contributed by atoms with Crippen molar-refractivity contribution in [2.75, 3.05) is 0 Å². The van der Waals surface area contributed by atoms with Crippen molar-refractivity contribution in [1.29, 1.82) is 0 Å². The molecule has 2 aromatic rings. The van der Waals surface area contributed by atoms with Crippen molar-refractivity contribution < 1.29 is 4.79 Å². The summed E-state index contributed by atoms with van der Waals surface area (Å²) < 4.78 is 2.07. The summed E-state index contributed by atoms with van der Waals surface area (Å²) >= 11 is 0. The van der Waals surface area contributed by atoms with Crippen LogP contribution in [0, 0.1) is 6.92 Å². The molecular formula is C17H23NO. The van der Waals surface area contributed by atoms with Gasteiger partial charge in [-0.15, -0.1) is 0 Å². The molecule has 0 saturated heterocycles. The normalized spacial score (nSPS) is 12.1. The first-order chi connectivity index (χ1) is 8.75. The van der Waals surface area contributed by atoms with Gasteiger partial charge in [0, 0.05) is 30.6 Å². The molecule has 1 aromatic heterocycles. The molecule has 2 rings (SSSR count). The second-order valence-electron chi connectivity index (χ2n) is 6.37.